The summed E-state index contributed by atoms with van der Waals surface area (Å²) in [7, 11) is 3.31. The Morgan fingerprint density at radius 2 is 1.71 bits per heavy atom. The van der Waals surface area contributed by atoms with Crippen LogP contribution in [-0.4, -0.2) is 46.9 Å². The predicted octanol–water partition coefficient (Wildman–Crippen LogP) is 1.44. The summed E-state index contributed by atoms with van der Waals surface area (Å²) in [5.74, 6) is 0. The van der Waals surface area contributed by atoms with Crippen LogP contribution in [0, 0.1) is 0 Å². The Kier molecular flexibility index (Phi) is 10.8. The van der Waals surface area contributed by atoms with Gasteiger partial charge in [0.15, 0.2) is 6.29 Å². The summed E-state index contributed by atoms with van der Waals surface area (Å²) in [6, 6.07) is 0. The van der Waals surface area contributed by atoms with Crippen LogP contribution in [0.2, 0.25) is 0 Å². The van der Waals surface area contributed by atoms with Crippen LogP contribution >= 0.6 is 0 Å². The third-order valence-electron chi connectivity index (χ3n) is 1.75. The Balaban J connectivity index is 3.15. The Bertz CT molecular complexity index is 108. The molecule has 0 aliphatic rings. The van der Waals surface area contributed by atoms with Gasteiger partial charge in [0.1, 0.15) is 0 Å². The van der Waals surface area contributed by atoms with E-state index in [1.54, 1.807) is 14.2 Å². The largest absolute Gasteiger partial charge is 0.382 e. The van der Waals surface area contributed by atoms with Gasteiger partial charge in [0.25, 0.3) is 0 Å². The molecule has 4 nitrogen and oxygen atoms in total. The zero-order valence-electron chi connectivity index (χ0n) is 9.45. The maximum atomic E-state index is 5.42. The van der Waals surface area contributed by atoms with Crippen molar-refractivity contribution >= 4 is 0 Å². The topological polar surface area (TPSA) is 36.9 Å². The number of ether oxygens (including phenoxy) is 4. The molecule has 4 heteroatoms. The summed E-state index contributed by atoms with van der Waals surface area (Å²) in [5, 5.41) is 0. The van der Waals surface area contributed by atoms with Crippen molar-refractivity contribution in [1.29, 1.82) is 0 Å². The van der Waals surface area contributed by atoms with Gasteiger partial charge in [-0.15, -0.1) is 0 Å². The number of hydrogen-bond donors (Lipinski definition) is 0. The van der Waals surface area contributed by atoms with Crippen LogP contribution < -0.4 is 0 Å². The molecule has 0 saturated heterocycles. The second-order valence-corrected chi connectivity index (χ2v) is 2.93. The molecule has 0 heterocycles. The minimum atomic E-state index is -0.0916. The van der Waals surface area contributed by atoms with Gasteiger partial charge in [-0.2, -0.15) is 0 Å². The highest BCUT2D eigenvalue weighted by molar-refractivity contribution is 4.42. The quantitative estimate of drug-likeness (QED) is 0.400. The molecule has 0 N–H and O–H groups in total. The van der Waals surface area contributed by atoms with Crippen molar-refractivity contribution in [2.45, 2.75) is 26.1 Å². The molecule has 0 fully saturated rings. The Morgan fingerprint density at radius 1 is 1.00 bits per heavy atom. The van der Waals surface area contributed by atoms with Gasteiger partial charge in [-0.3, -0.25) is 0 Å². The summed E-state index contributed by atoms with van der Waals surface area (Å²) < 4.78 is 20.6. The van der Waals surface area contributed by atoms with Crippen LogP contribution in [0.15, 0.2) is 0 Å². The molecule has 0 amide bonds. The zero-order valence-corrected chi connectivity index (χ0v) is 9.45. The van der Waals surface area contributed by atoms with E-state index < -0.39 is 0 Å². The standard InChI is InChI=1S/C10H22O4/c1-4-5-10(12-3)14-9-8-13-7-6-11-2/h10H,4-9H2,1-3H3. The van der Waals surface area contributed by atoms with Gasteiger partial charge < -0.3 is 18.9 Å². The molecule has 86 valence electrons. The first-order valence-corrected chi connectivity index (χ1v) is 5.06. The number of methoxy groups -OCH3 is 2. The fraction of sp³-hybridized carbons (Fsp3) is 1.00. The highest BCUT2D eigenvalue weighted by atomic mass is 16.7. The lowest BCUT2D eigenvalue weighted by atomic mass is 10.3. The lowest BCUT2D eigenvalue weighted by molar-refractivity contribution is -0.137. The van der Waals surface area contributed by atoms with Crippen molar-refractivity contribution in [3.63, 3.8) is 0 Å². The average Bonchev–Trinajstić information content (AvgIpc) is 2.21. The first kappa shape index (κ1) is 13.8. The van der Waals surface area contributed by atoms with Gasteiger partial charge >= 0.3 is 0 Å². The summed E-state index contributed by atoms with van der Waals surface area (Å²) in [6.45, 7) is 4.51. The molecule has 0 spiro atoms. The molecule has 0 rings (SSSR count). The van der Waals surface area contributed by atoms with Crippen molar-refractivity contribution in [3.05, 3.63) is 0 Å². The third-order valence-corrected chi connectivity index (χ3v) is 1.75. The van der Waals surface area contributed by atoms with Crippen molar-refractivity contribution in [2.75, 3.05) is 40.6 Å². The molecule has 0 saturated carbocycles. The minimum absolute atomic E-state index is 0.0916. The molecule has 0 aromatic heterocycles. The highest BCUT2D eigenvalue weighted by Crippen LogP contribution is 2.01. The first-order valence-electron chi connectivity index (χ1n) is 5.06. The fourth-order valence-corrected chi connectivity index (χ4v) is 0.988. The van der Waals surface area contributed by atoms with Crippen molar-refractivity contribution in [3.8, 4) is 0 Å². The van der Waals surface area contributed by atoms with E-state index in [9.17, 15) is 0 Å². The number of rotatable bonds is 10. The van der Waals surface area contributed by atoms with Gasteiger partial charge in [-0.25, -0.2) is 0 Å². The van der Waals surface area contributed by atoms with Gasteiger partial charge in [0, 0.05) is 14.2 Å². The molecule has 0 aliphatic carbocycles. The van der Waals surface area contributed by atoms with Crippen LogP contribution in [0.1, 0.15) is 19.8 Å². The highest BCUT2D eigenvalue weighted by Gasteiger charge is 2.04. The normalized spacial score (nSPS) is 13.1. The predicted molar refractivity (Wildman–Crippen MR) is 54.4 cm³/mol. The SMILES string of the molecule is CCCC(OC)OCCOCCOC. The van der Waals surface area contributed by atoms with E-state index in [0.717, 1.165) is 12.8 Å². The summed E-state index contributed by atoms with van der Waals surface area (Å²) in [5.41, 5.74) is 0. The van der Waals surface area contributed by atoms with Crippen LogP contribution in [0.5, 0.6) is 0 Å². The molecule has 1 atom stereocenters. The summed E-state index contributed by atoms with van der Waals surface area (Å²) in [4.78, 5) is 0. The molecular formula is C10H22O4. The van der Waals surface area contributed by atoms with E-state index in [1.165, 1.54) is 0 Å². The maximum Gasteiger partial charge on any atom is 0.157 e. The lowest BCUT2D eigenvalue weighted by Gasteiger charge is -2.15. The summed E-state index contributed by atoms with van der Waals surface area (Å²) in [6.07, 6.45) is 1.89. The zero-order chi connectivity index (χ0) is 10.6. The molecule has 1 unspecified atom stereocenters. The smallest absolute Gasteiger partial charge is 0.157 e. The van der Waals surface area contributed by atoms with E-state index in [4.69, 9.17) is 18.9 Å². The molecule has 0 aliphatic heterocycles. The third kappa shape index (κ3) is 8.44. The monoisotopic (exact) mass is 206 g/mol. The van der Waals surface area contributed by atoms with Gasteiger partial charge in [-0.1, -0.05) is 13.3 Å². The van der Waals surface area contributed by atoms with E-state index >= 15 is 0 Å². The number of hydrogen-bond acceptors (Lipinski definition) is 4. The van der Waals surface area contributed by atoms with E-state index in [0.29, 0.717) is 26.4 Å². The van der Waals surface area contributed by atoms with Crippen molar-refractivity contribution < 1.29 is 18.9 Å². The lowest BCUT2D eigenvalue weighted by Crippen LogP contribution is -2.18. The Morgan fingerprint density at radius 3 is 2.29 bits per heavy atom. The van der Waals surface area contributed by atoms with E-state index in [2.05, 4.69) is 6.92 Å². The van der Waals surface area contributed by atoms with Crippen LogP contribution in [0.4, 0.5) is 0 Å². The van der Waals surface area contributed by atoms with E-state index in [-0.39, 0.29) is 6.29 Å². The summed E-state index contributed by atoms with van der Waals surface area (Å²) >= 11 is 0. The van der Waals surface area contributed by atoms with Gasteiger partial charge in [-0.05, 0) is 6.42 Å². The van der Waals surface area contributed by atoms with E-state index in [1.807, 2.05) is 0 Å². The molecule has 0 radical (unpaired) electrons. The van der Waals surface area contributed by atoms with Crippen molar-refractivity contribution in [1.82, 2.24) is 0 Å². The van der Waals surface area contributed by atoms with Crippen LogP contribution in [0.25, 0.3) is 0 Å². The first-order chi connectivity index (χ1) is 6.85. The fourth-order valence-electron chi connectivity index (χ4n) is 0.988. The molecule has 0 aromatic carbocycles. The minimum Gasteiger partial charge on any atom is -0.382 e. The second-order valence-electron chi connectivity index (χ2n) is 2.93. The average molecular weight is 206 g/mol. The Labute approximate surface area is 86.5 Å². The molecule has 0 aromatic rings. The second kappa shape index (κ2) is 10.9. The van der Waals surface area contributed by atoms with Crippen LogP contribution in [-0.2, 0) is 18.9 Å². The molecule has 0 bridgehead atoms. The molecule has 14 heavy (non-hydrogen) atoms. The van der Waals surface area contributed by atoms with Crippen molar-refractivity contribution in [2.24, 2.45) is 0 Å². The molecular weight excluding hydrogens is 184 g/mol. The van der Waals surface area contributed by atoms with Gasteiger partial charge in [0.2, 0.25) is 0 Å². The Hall–Kier alpha value is -0.160. The van der Waals surface area contributed by atoms with Crippen LogP contribution in [0.3, 0.4) is 0 Å². The maximum absolute atomic E-state index is 5.42. The van der Waals surface area contributed by atoms with Gasteiger partial charge in [0.05, 0.1) is 26.4 Å².